The third-order valence-corrected chi connectivity index (χ3v) is 13.2. The molecule has 0 amide bonds. The molecule has 0 spiro atoms. The smallest absolute Gasteiger partial charge is 0.116 e. The Bertz CT molecular complexity index is 1210. The highest BCUT2D eigenvalue weighted by atomic mass is 32.2. The zero-order valence-corrected chi connectivity index (χ0v) is 24.7. The van der Waals surface area contributed by atoms with Gasteiger partial charge in [-0.05, 0) is 48.4 Å². The lowest BCUT2D eigenvalue weighted by atomic mass is 10.2. The predicted octanol–water partition coefficient (Wildman–Crippen LogP) is 6.44. The summed E-state index contributed by atoms with van der Waals surface area (Å²) in [6.45, 7) is 6.47. The zero-order chi connectivity index (χ0) is 26.8. The highest BCUT2D eigenvalue weighted by Gasteiger charge is 2.45. The summed E-state index contributed by atoms with van der Waals surface area (Å²) in [5.74, 6) is -0.197. The Balaban J connectivity index is 0.000000295. The van der Waals surface area contributed by atoms with Gasteiger partial charge in [-0.25, -0.2) is 8.42 Å². The zero-order valence-electron chi connectivity index (χ0n) is 22.0. The van der Waals surface area contributed by atoms with Crippen LogP contribution in [0.15, 0.2) is 121 Å². The fraction of sp³-hybridized carbons (Fsp3) is 0.226. The molecule has 0 saturated carbocycles. The summed E-state index contributed by atoms with van der Waals surface area (Å²) >= 11 is 0. The van der Waals surface area contributed by atoms with Gasteiger partial charge in [-0.15, -0.1) is 0 Å². The predicted molar refractivity (Wildman–Crippen MR) is 163 cm³/mol. The van der Waals surface area contributed by atoms with Gasteiger partial charge in [0.1, 0.15) is 23.2 Å². The second-order valence-electron chi connectivity index (χ2n) is 10.4. The van der Waals surface area contributed by atoms with Crippen molar-refractivity contribution in [2.75, 3.05) is 5.75 Å². The van der Waals surface area contributed by atoms with Crippen LogP contribution < -0.4 is 15.9 Å². The molecule has 0 atom stereocenters. The normalized spacial score (nSPS) is 11.9. The maximum atomic E-state index is 10.2. The Morgan fingerprint density at radius 1 is 0.622 bits per heavy atom. The highest BCUT2D eigenvalue weighted by molar-refractivity contribution is 7.95. The lowest BCUT2D eigenvalue weighted by Gasteiger charge is -2.27. The summed E-state index contributed by atoms with van der Waals surface area (Å²) in [5.41, 5.74) is 1.39. The average Bonchev–Trinajstić information content (AvgIpc) is 2.88. The van der Waals surface area contributed by atoms with E-state index in [2.05, 4.69) is 141 Å². The number of rotatable bonds is 9. The molecule has 194 valence electrons. The first-order valence-corrected chi connectivity index (χ1v) is 19.9. The van der Waals surface area contributed by atoms with Crippen LogP contribution in [0.4, 0.5) is 0 Å². The highest BCUT2D eigenvalue weighted by Crippen LogP contribution is 2.58. The van der Waals surface area contributed by atoms with Crippen LogP contribution in [-0.2, 0) is 16.3 Å². The van der Waals surface area contributed by atoms with Crippen molar-refractivity contribution < 1.29 is 13.0 Å². The van der Waals surface area contributed by atoms with Crippen LogP contribution in [0.5, 0.6) is 0 Å². The SMILES string of the molecule is C[Si](C)(C)CCCS(=O)(=O)[O-].c1ccc(C[P+](c2ccccc2)(c2ccccc2)c2ccccc2)cc1. The first-order valence-electron chi connectivity index (χ1n) is 12.6. The fourth-order valence-electron chi connectivity index (χ4n) is 4.41. The molecular formula is C31H37O3PSSi. The van der Waals surface area contributed by atoms with Crippen LogP contribution in [-0.4, -0.2) is 26.8 Å². The third kappa shape index (κ3) is 9.05. The van der Waals surface area contributed by atoms with Crippen molar-refractivity contribution in [1.29, 1.82) is 0 Å². The molecule has 4 aromatic rings. The minimum absolute atomic E-state index is 0.197. The summed E-state index contributed by atoms with van der Waals surface area (Å²) in [4.78, 5) is 0. The van der Waals surface area contributed by atoms with Crippen molar-refractivity contribution >= 4 is 41.4 Å². The summed E-state index contributed by atoms with van der Waals surface area (Å²) in [5, 5.41) is 4.30. The molecule has 37 heavy (non-hydrogen) atoms. The van der Waals surface area contributed by atoms with Crippen molar-refractivity contribution in [3.63, 3.8) is 0 Å². The van der Waals surface area contributed by atoms with Gasteiger partial charge in [0.15, 0.2) is 0 Å². The Labute approximate surface area is 224 Å². The van der Waals surface area contributed by atoms with E-state index in [-0.39, 0.29) is 5.75 Å². The molecular weight excluding hydrogens is 511 g/mol. The van der Waals surface area contributed by atoms with Gasteiger partial charge >= 0.3 is 0 Å². The van der Waals surface area contributed by atoms with Crippen molar-refractivity contribution in [2.45, 2.75) is 38.3 Å². The number of hydrogen-bond donors (Lipinski definition) is 0. The van der Waals surface area contributed by atoms with Crippen molar-refractivity contribution in [2.24, 2.45) is 0 Å². The van der Waals surface area contributed by atoms with E-state index in [4.69, 9.17) is 0 Å². The monoisotopic (exact) mass is 548 g/mol. The van der Waals surface area contributed by atoms with Gasteiger partial charge < -0.3 is 4.55 Å². The second kappa shape index (κ2) is 13.3. The third-order valence-electron chi connectivity index (χ3n) is 6.17. The standard InChI is InChI=1S/C25H22P.C6H16O3SSi/c1-5-13-22(14-6-1)21-26(23-15-7-2-8-16-23,24-17-9-3-10-18-24)25-19-11-4-12-20-25;1-11(2,3)6-4-5-10(7,8)9/h1-20H,21H2;4-6H2,1-3H3,(H,7,8,9)/q+1;/p-1. The minimum atomic E-state index is -3.97. The second-order valence-corrected chi connectivity index (χ2v) is 21.0. The Kier molecular flexibility index (Phi) is 10.4. The number of hydrogen-bond acceptors (Lipinski definition) is 3. The summed E-state index contributed by atoms with van der Waals surface area (Å²) in [6.07, 6.45) is 1.56. The van der Waals surface area contributed by atoms with Crippen molar-refractivity contribution in [1.82, 2.24) is 0 Å². The molecule has 0 unspecified atom stereocenters. The molecule has 0 radical (unpaired) electrons. The van der Waals surface area contributed by atoms with Crippen LogP contribution in [0, 0.1) is 0 Å². The summed E-state index contributed by atoms with van der Waals surface area (Å²) in [7, 11) is -6.91. The first-order chi connectivity index (χ1) is 17.6. The molecule has 0 fully saturated rings. The van der Waals surface area contributed by atoms with Crippen LogP contribution in [0.2, 0.25) is 25.7 Å². The Hall–Kier alpha value is -2.56. The van der Waals surface area contributed by atoms with Crippen LogP contribution in [0.25, 0.3) is 0 Å². The van der Waals surface area contributed by atoms with Crippen LogP contribution in [0.1, 0.15) is 12.0 Å². The Morgan fingerprint density at radius 2 is 0.973 bits per heavy atom. The molecule has 0 heterocycles. The number of benzene rings is 4. The molecule has 0 aliphatic carbocycles. The minimum Gasteiger partial charge on any atom is -0.748 e. The van der Waals surface area contributed by atoms with Crippen molar-refractivity contribution in [3.05, 3.63) is 127 Å². The Morgan fingerprint density at radius 3 is 1.30 bits per heavy atom. The lowest BCUT2D eigenvalue weighted by Crippen LogP contribution is -2.32. The van der Waals surface area contributed by atoms with Gasteiger partial charge in [-0.3, -0.25) is 0 Å². The fourth-order valence-corrected chi connectivity index (χ4v) is 10.6. The summed E-state index contributed by atoms with van der Waals surface area (Å²) < 4.78 is 30.5. The van der Waals surface area contributed by atoms with E-state index < -0.39 is 25.5 Å². The quantitative estimate of drug-likeness (QED) is 0.137. The topological polar surface area (TPSA) is 57.2 Å². The van der Waals surface area contributed by atoms with E-state index in [1.54, 1.807) is 0 Å². The average molecular weight is 549 g/mol. The van der Waals surface area contributed by atoms with Gasteiger partial charge in [-0.2, -0.15) is 0 Å². The van der Waals surface area contributed by atoms with E-state index >= 15 is 0 Å². The van der Waals surface area contributed by atoms with Gasteiger partial charge in [-0.1, -0.05) is 111 Å². The van der Waals surface area contributed by atoms with Crippen molar-refractivity contribution in [3.8, 4) is 0 Å². The first kappa shape index (κ1) is 29.0. The molecule has 0 saturated heterocycles. The van der Waals surface area contributed by atoms with Crippen LogP contribution >= 0.6 is 7.26 Å². The van der Waals surface area contributed by atoms with E-state index in [1.807, 2.05) is 0 Å². The molecule has 3 nitrogen and oxygen atoms in total. The molecule has 6 heteroatoms. The maximum absolute atomic E-state index is 10.2. The van der Waals surface area contributed by atoms with Gasteiger partial charge in [0.2, 0.25) is 0 Å². The molecule has 0 aliphatic rings. The van der Waals surface area contributed by atoms with Crippen LogP contribution in [0.3, 0.4) is 0 Å². The van der Waals surface area contributed by atoms with E-state index in [0.29, 0.717) is 6.42 Å². The molecule has 4 aromatic carbocycles. The molecule has 0 bridgehead atoms. The van der Waals surface area contributed by atoms with Gasteiger partial charge in [0, 0.05) is 13.8 Å². The van der Waals surface area contributed by atoms with E-state index in [1.165, 1.54) is 21.5 Å². The van der Waals surface area contributed by atoms with E-state index in [9.17, 15) is 13.0 Å². The van der Waals surface area contributed by atoms with Gasteiger partial charge in [0.05, 0.1) is 16.3 Å². The van der Waals surface area contributed by atoms with E-state index in [0.717, 1.165) is 12.2 Å². The molecule has 4 rings (SSSR count). The maximum Gasteiger partial charge on any atom is 0.116 e. The molecule has 0 aliphatic heterocycles. The lowest BCUT2D eigenvalue weighted by molar-refractivity contribution is 0.462. The molecule has 0 aromatic heterocycles. The largest absolute Gasteiger partial charge is 0.748 e. The van der Waals surface area contributed by atoms with Gasteiger partial charge in [0.25, 0.3) is 0 Å². The molecule has 0 N–H and O–H groups in total. The summed E-state index contributed by atoms with van der Waals surface area (Å²) in [6, 6.07) is 44.9.